The van der Waals surface area contributed by atoms with Crippen molar-refractivity contribution in [2.45, 2.75) is 489 Å². The number of allylic oxidation sites excluding steroid dienone is 30. The zero-order chi connectivity index (χ0) is 96.4. The number of hydrogen-bond acceptors (Lipinski definition) is 14. The fraction of sp³-hybridized carbons (Fsp3) is 0.713. The highest BCUT2D eigenvalue weighted by molar-refractivity contribution is 7.47. The number of esters is 3. The molecule has 0 saturated carbocycles. The lowest BCUT2D eigenvalue weighted by molar-refractivity contribution is -0.161. The molecule has 0 radical (unpaired) electrons. The third-order valence-electron chi connectivity index (χ3n) is 23.1. The number of ether oxygens (including phenoxy) is 3. The van der Waals surface area contributed by atoms with Crippen LogP contribution in [0.3, 0.4) is 0 Å². The van der Waals surface area contributed by atoms with Gasteiger partial charge in [0.2, 0.25) is 0 Å². The molecule has 0 aromatic heterocycles. The van der Waals surface area contributed by atoms with Crippen LogP contribution < -0.4 is 0 Å². The summed E-state index contributed by atoms with van der Waals surface area (Å²) in [4.78, 5) is 59.3. The summed E-state index contributed by atoms with van der Waals surface area (Å²) in [6.45, 7) is 2.51. The Morgan fingerprint density at radius 1 is 0.218 bits per heavy atom. The minimum absolute atomic E-state index is 0.0990. The van der Waals surface area contributed by atoms with Crippen molar-refractivity contribution in [1.82, 2.24) is 0 Å². The molecule has 0 heterocycles. The number of aliphatic hydroxyl groups excluding tert-OH is 2. The van der Waals surface area contributed by atoms with Gasteiger partial charge in [-0.2, -0.15) is 0 Å². The minimum Gasteiger partial charge on any atom is -0.463 e. The predicted molar refractivity (Wildman–Crippen MR) is 565 cm³/mol. The maximum atomic E-state index is 13.2. The molecule has 0 saturated heterocycles. The summed E-state index contributed by atoms with van der Waals surface area (Å²) in [6, 6.07) is 0. The molecule has 16 nitrogen and oxygen atoms in total. The van der Waals surface area contributed by atoms with Gasteiger partial charge in [-0.3, -0.25) is 32.5 Å². The average Bonchev–Trinajstić information content (AvgIpc) is 0.896. The molecule has 5 unspecified atom stereocenters. The maximum Gasteiger partial charge on any atom is 0.472 e. The second-order valence-electron chi connectivity index (χ2n) is 36.0. The molecule has 0 spiro atoms. The van der Waals surface area contributed by atoms with Gasteiger partial charge >= 0.3 is 33.6 Å². The predicted octanol–water partition coefficient (Wildman–Crippen LogP) is 34.7. The Labute approximate surface area is 815 Å². The highest BCUT2D eigenvalue weighted by Crippen LogP contribution is 2.45. The summed E-state index contributed by atoms with van der Waals surface area (Å²) in [5.74, 6) is -1.56. The van der Waals surface area contributed by atoms with Crippen molar-refractivity contribution in [2.75, 3.05) is 39.6 Å². The van der Waals surface area contributed by atoms with Gasteiger partial charge in [-0.1, -0.05) is 473 Å². The normalized spacial score (nSPS) is 14.3. The van der Waals surface area contributed by atoms with Crippen LogP contribution in [0, 0.1) is 0 Å². The van der Waals surface area contributed by atoms with E-state index in [4.69, 9.17) is 32.3 Å². The van der Waals surface area contributed by atoms with E-state index < -0.39 is 91.5 Å². The third kappa shape index (κ3) is 107. The average molecular weight is 1900 g/mol. The molecule has 133 heavy (non-hydrogen) atoms. The van der Waals surface area contributed by atoms with Crippen molar-refractivity contribution in [2.24, 2.45) is 0 Å². The molecular weight excluding hydrogens is 1700 g/mol. The Morgan fingerprint density at radius 2 is 0.398 bits per heavy atom. The molecule has 0 rings (SSSR count). The molecule has 4 N–H and O–H groups in total. The van der Waals surface area contributed by atoms with Crippen molar-refractivity contribution < 1.29 is 75.8 Å². The monoisotopic (exact) mass is 1900 g/mol. The largest absolute Gasteiger partial charge is 0.472 e. The van der Waals surface area contributed by atoms with Gasteiger partial charge in [-0.25, -0.2) is 9.13 Å². The molecule has 0 aliphatic heterocycles. The molecule has 0 aromatic rings. The standard InChI is InChI=1S/C115H198O16P2/c1-4-7-10-13-16-19-22-25-28-31-34-37-40-43-46-49-52-54-57-59-62-65-68-71-74-77-80-83-86-89-92-95-98-101-113(118)125-104-110(116)105-127-132(121,122)128-106-111(117)107-129-133(123,124)130-109-112(131-115(120)103-100-97-94-91-88-85-82-79-76-73-70-67-64-61-56-51-48-45-42-39-36-33-30-27-24-21-18-15-12-9-6-3)108-126-114(119)102-99-96-93-90-87-84-81-78-75-72-69-66-63-60-58-55-53-50-47-44-41-38-35-32-29-26-23-20-17-14-11-8-5-2/h7,9-10,12,16-21,25-30,34-39,43-48,56,61,110-112,116-117H,4-6,8,11,13-15,22-24,31-33,40-42,49-55,57-60,62-109H2,1-3H3,(H,121,122)(H,123,124)/b10-7-,12-9-,19-16-,20-17-,21-18-,28-25-,29-26-,30-27-,37-34-,38-35-,39-36-,46-43-,47-44-,48-45-,61-56-. The van der Waals surface area contributed by atoms with Crippen LogP contribution in [0.15, 0.2) is 182 Å². The van der Waals surface area contributed by atoms with Gasteiger partial charge < -0.3 is 34.2 Å². The second kappa shape index (κ2) is 106. The Morgan fingerprint density at radius 3 is 0.632 bits per heavy atom. The van der Waals surface area contributed by atoms with Crippen molar-refractivity contribution in [1.29, 1.82) is 0 Å². The lowest BCUT2D eigenvalue weighted by Gasteiger charge is -2.21. The Bertz CT molecular complexity index is 3150. The van der Waals surface area contributed by atoms with E-state index in [9.17, 15) is 43.5 Å². The first kappa shape index (κ1) is 128. The van der Waals surface area contributed by atoms with E-state index >= 15 is 0 Å². The van der Waals surface area contributed by atoms with Crippen LogP contribution in [0.1, 0.15) is 470 Å². The Hall–Kier alpha value is -5.35. The highest BCUT2D eigenvalue weighted by atomic mass is 31.2. The lowest BCUT2D eigenvalue weighted by Crippen LogP contribution is -2.30. The molecule has 18 heteroatoms. The van der Waals surface area contributed by atoms with Crippen molar-refractivity contribution in [3.63, 3.8) is 0 Å². The molecule has 0 fully saturated rings. The van der Waals surface area contributed by atoms with Crippen LogP contribution in [-0.2, 0) is 55.8 Å². The van der Waals surface area contributed by atoms with Crippen LogP contribution in [0.5, 0.6) is 0 Å². The summed E-state index contributed by atoms with van der Waals surface area (Å²) in [5.41, 5.74) is 0. The summed E-state index contributed by atoms with van der Waals surface area (Å²) < 4.78 is 61.8. The van der Waals surface area contributed by atoms with Crippen LogP contribution in [-0.4, -0.2) is 95.9 Å². The van der Waals surface area contributed by atoms with Crippen LogP contribution >= 0.6 is 15.6 Å². The number of aliphatic hydroxyl groups is 2. The van der Waals surface area contributed by atoms with E-state index in [1.165, 1.54) is 250 Å². The topological polar surface area (TPSA) is 231 Å². The van der Waals surface area contributed by atoms with Gasteiger partial charge in [0.25, 0.3) is 0 Å². The Kier molecular flexibility index (Phi) is 101. The fourth-order valence-corrected chi connectivity index (χ4v) is 16.6. The molecular formula is C115H198O16P2. The van der Waals surface area contributed by atoms with Crippen molar-refractivity contribution in [3.8, 4) is 0 Å². The summed E-state index contributed by atoms with van der Waals surface area (Å²) in [6.07, 6.45) is 141. The highest BCUT2D eigenvalue weighted by Gasteiger charge is 2.30. The summed E-state index contributed by atoms with van der Waals surface area (Å²) in [5, 5.41) is 20.8. The second-order valence-corrected chi connectivity index (χ2v) is 38.9. The van der Waals surface area contributed by atoms with Gasteiger partial charge in [0.15, 0.2) is 6.10 Å². The molecule has 0 aliphatic rings. The summed E-state index contributed by atoms with van der Waals surface area (Å²) in [7, 11) is -9.82. The van der Waals surface area contributed by atoms with Gasteiger partial charge in [-0.15, -0.1) is 0 Å². The van der Waals surface area contributed by atoms with Gasteiger partial charge in [-0.05, 0) is 161 Å². The molecule has 764 valence electrons. The van der Waals surface area contributed by atoms with Gasteiger partial charge in [0.1, 0.15) is 25.4 Å². The number of carbonyl (C=O) groups excluding carboxylic acids is 3. The van der Waals surface area contributed by atoms with E-state index in [0.29, 0.717) is 19.3 Å². The van der Waals surface area contributed by atoms with E-state index in [1.807, 2.05) is 0 Å². The molecule has 0 aliphatic carbocycles. The summed E-state index contributed by atoms with van der Waals surface area (Å²) >= 11 is 0. The smallest absolute Gasteiger partial charge is 0.463 e. The first-order valence-electron chi connectivity index (χ1n) is 54.1. The zero-order valence-corrected chi connectivity index (χ0v) is 86.7. The van der Waals surface area contributed by atoms with Crippen LogP contribution in [0.2, 0.25) is 0 Å². The maximum absolute atomic E-state index is 13.2. The van der Waals surface area contributed by atoms with Gasteiger partial charge in [0.05, 0.1) is 26.4 Å². The van der Waals surface area contributed by atoms with Crippen LogP contribution in [0.25, 0.3) is 0 Å². The molecule has 0 bridgehead atoms. The van der Waals surface area contributed by atoms with Gasteiger partial charge in [0, 0.05) is 19.3 Å². The first-order chi connectivity index (χ1) is 65.2. The lowest BCUT2D eigenvalue weighted by atomic mass is 10.0. The third-order valence-corrected chi connectivity index (χ3v) is 25.0. The number of carbonyl (C=O) groups is 3. The number of unbranched alkanes of at least 4 members (excludes halogenated alkanes) is 49. The first-order valence-corrected chi connectivity index (χ1v) is 57.1. The van der Waals surface area contributed by atoms with Crippen LogP contribution in [0.4, 0.5) is 0 Å². The molecule has 5 atom stereocenters. The zero-order valence-electron chi connectivity index (χ0n) is 84.9. The minimum atomic E-state index is -4.95. The number of rotatable bonds is 102. The molecule has 0 amide bonds. The number of phosphoric acid groups is 2. The van der Waals surface area contributed by atoms with E-state index in [2.05, 4.69) is 203 Å². The quantitative estimate of drug-likeness (QED) is 0.0146. The fourth-order valence-electron chi connectivity index (χ4n) is 15.0. The van der Waals surface area contributed by atoms with E-state index in [1.54, 1.807) is 0 Å². The van der Waals surface area contributed by atoms with E-state index in [0.717, 1.165) is 161 Å². The Balaban J connectivity index is 4.62. The van der Waals surface area contributed by atoms with E-state index in [-0.39, 0.29) is 19.3 Å². The number of phosphoric ester groups is 2. The van der Waals surface area contributed by atoms with Crippen molar-refractivity contribution >= 4 is 33.6 Å². The van der Waals surface area contributed by atoms with Crippen molar-refractivity contribution in [3.05, 3.63) is 182 Å². The number of hydrogen-bond donors (Lipinski definition) is 4. The molecule has 0 aromatic carbocycles. The SMILES string of the molecule is CC/C=C\C/C=C\C/C=C\C/C=C\C/C=C\C/C=C\CCCCCCCCCCCCCCC(=O)OC(COC(=O)CCCCCCCCCCCCCCCCCCC/C=C\C/C=C\C/C=C\C/C=C\CCCCC)COP(=O)(O)OCC(O)COP(=O)(O)OCC(O)COC(=O)CCCCCCCCCCCCCCCCCCC/C=C\C/C=C\C/C=C\C/C=C\C/C=C\CC.